The van der Waals surface area contributed by atoms with Crippen molar-refractivity contribution < 1.29 is 4.79 Å². The summed E-state index contributed by atoms with van der Waals surface area (Å²) < 4.78 is 2.15. The monoisotopic (exact) mass is 450 g/mol. The summed E-state index contributed by atoms with van der Waals surface area (Å²) in [7, 11) is 0. The first kappa shape index (κ1) is 22.1. The molecular weight excluding hydrogens is 424 g/mol. The summed E-state index contributed by atoms with van der Waals surface area (Å²) in [6.45, 7) is 7.95. The highest BCUT2D eigenvalue weighted by molar-refractivity contribution is 6.31. The van der Waals surface area contributed by atoms with Gasteiger partial charge in [0, 0.05) is 35.2 Å². The van der Waals surface area contributed by atoms with E-state index in [4.69, 9.17) is 11.6 Å². The van der Waals surface area contributed by atoms with Crippen molar-refractivity contribution in [2.45, 2.75) is 40.3 Å². The van der Waals surface area contributed by atoms with Crippen LogP contribution in [-0.4, -0.2) is 31.9 Å². The number of fused-ring (bicyclic) bond motifs is 2. The van der Waals surface area contributed by atoms with Crippen LogP contribution in [-0.2, 0) is 13.1 Å². The number of rotatable bonds is 7. The molecule has 1 amide bonds. The maximum atomic E-state index is 13.6. The summed E-state index contributed by atoms with van der Waals surface area (Å²) in [6.07, 6.45) is 2.74. The predicted molar refractivity (Wildman–Crippen MR) is 129 cm³/mol. The van der Waals surface area contributed by atoms with Crippen LogP contribution in [0.3, 0.4) is 0 Å². The number of carbonyl (C=O) groups excluding carboxylic acids is 1. The number of benzene rings is 2. The number of aromatic amines is 1. The second kappa shape index (κ2) is 9.17. The fraction of sp³-hybridized carbons (Fsp3) is 0.320. The van der Waals surface area contributed by atoms with Crippen molar-refractivity contribution in [3.63, 3.8) is 0 Å². The van der Waals surface area contributed by atoms with Crippen LogP contribution in [0.5, 0.6) is 0 Å². The molecule has 2 heterocycles. The van der Waals surface area contributed by atoms with Crippen molar-refractivity contribution in [3.05, 3.63) is 75.4 Å². The van der Waals surface area contributed by atoms with Gasteiger partial charge in [-0.3, -0.25) is 9.59 Å². The number of nitrogens with one attached hydrogen (secondary N) is 1. The Kier molecular flexibility index (Phi) is 6.33. The quantitative estimate of drug-likeness (QED) is 0.418. The molecule has 0 radical (unpaired) electrons. The molecule has 0 saturated heterocycles. The van der Waals surface area contributed by atoms with Gasteiger partial charge in [-0.2, -0.15) is 0 Å². The largest absolute Gasteiger partial charge is 0.346 e. The van der Waals surface area contributed by atoms with Crippen molar-refractivity contribution in [1.29, 1.82) is 0 Å². The van der Waals surface area contributed by atoms with E-state index in [1.54, 1.807) is 23.1 Å². The second-order valence-electron chi connectivity index (χ2n) is 8.51. The van der Waals surface area contributed by atoms with Gasteiger partial charge in [-0.05, 0) is 36.6 Å². The van der Waals surface area contributed by atoms with Crippen LogP contribution in [0.4, 0.5) is 0 Å². The molecule has 32 heavy (non-hydrogen) atoms. The van der Waals surface area contributed by atoms with Crippen LogP contribution in [0.1, 0.15) is 43.4 Å². The van der Waals surface area contributed by atoms with Crippen LogP contribution in [0, 0.1) is 5.92 Å². The molecule has 4 aromatic rings. The molecular formula is C25H27ClN4O2. The molecule has 0 spiro atoms. The summed E-state index contributed by atoms with van der Waals surface area (Å²) in [6, 6.07) is 13.0. The molecule has 2 aromatic carbocycles. The number of hydrogen-bond acceptors (Lipinski definition) is 3. The van der Waals surface area contributed by atoms with E-state index in [0.29, 0.717) is 39.8 Å². The number of hydrogen-bond donors (Lipinski definition) is 1. The molecule has 0 bridgehead atoms. The highest BCUT2D eigenvalue weighted by atomic mass is 35.5. The predicted octanol–water partition coefficient (Wildman–Crippen LogP) is 5.24. The average Bonchev–Trinajstić information content (AvgIpc) is 3.10. The Morgan fingerprint density at radius 1 is 1.19 bits per heavy atom. The zero-order valence-corrected chi connectivity index (χ0v) is 19.3. The van der Waals surface area contributed by atoms with E-state index in [1.165, 1.54) is 0 Å². The molecule has 6 nitrogen and oxygen atoms in total. The molecule has 1 N–H and O–H groups in total. The summed E-state index contributed by atoms with van der Waals surface area (Å²) in [5, 5.41) is 1.93. The average molecular weight is 451 g/mol. The normalized spacial score (nSPS) is 11.5. The van der Waals surface area contributed by atoms with Crippen molar-refractivity contribution in [2.75, 3.05) is 6.54 Å². The van der Waals surface area contributed by atoms with Crippen molar-refractivity contribution in [3.8, 4) is 0 Å². The van der Waals surface area contributed by atoms with Gasteiger partial charge in [-0.25, -0.2) is 4.98 Å². The number of carbonyl (C=O) groups is 1. The molecule has 0 aliphatic carbocycles. The lowest BCUT2D eigenvalue weighted by Gasteiger charge is -2.21. The topological polar surface area (TPSA) is 71.0 Å². The SMILES string of the molecule is CCCN(Cc1nc2cc(Cl)ccc2c(=O)[nH]1)C(=O)c1cn(CC(C)C)c2ccccc12. The van der Waals surface area contributed by atoms with Gasteiger partial charge >= 0.3 is 0 Å². The maximum Gasteiger partial charge on any atom is 0.258 e. The standard InChI is InChI=1S/C25H27ClN4O2/c1-4-11-29(15-23-27-21-12-17(26)9-10-19(21)24(31)28-23)25(32)20-14-30(13-16(2)3)22-8-6-5-7-18(20)22/h5-10,12,14,16H,4,11,13,15H2,1-3H3,(H,27,28,31). The third-order valence-corrected chi connectivity index (χ3v) is 5.65. The Hall–Kier alpha value is -3.12. The zero-order chi connectivity index (χ0) is 22.8. The summed E-state index contributed by atoms with van der Waals surface area (Å²) >= 11 is 6.08. The Morgan fingerprint density at radius 3 is 2.72 bits per heavy atom. The number of amides is 1. The second-order valence-corrected chi connectivity index (χ2v) is 8.94. The van der Waals surface area contributed by atoms with Crippen molar-refractivity contribution in [1.82, 2.24) is 19.4 Å². The van der Waals surface area contributed by atoms with E-state index in [1.807, 2.05) is 37.4 Å². The van der Waals surface area contributed by atoms with Crippen LogP contribution in [0.15, 0.2) is 53.5 Å². The van der Waals surface area contributed by atoms with Crippen LogP contribution < -0.4 is 5.56 Å². The Morgan fingerprint density at radius 2 is 1.97 bits per heavy atom. The highest BCUT2D eigenvalue weighted by Gasteiger charge is 2.22. The number of halogens is 1. The van der Waals surface area contributed by atoms with E-state index in [9.17, 15) is 9.59 Å². The van der Waals surface area contributed by atoms with E-state index < -0.39 is 0 Å². The number of H-pyrrole nitrogens is 1. The Labute approximate surface area is 191 Å². The molecule has 4 rings (SSSR count). The van der Waals surface area contributed by atoms with E-state index in [2.05, 4.69) is 28.4 Å². The van der Waals surface area contributed by atoms with Crippen LogP contribution in [0.25, 0.3) is 21.8 Å². The molecule has 2 aromatic heterocycles. The Balaban J connectivity index is 1.71. The van der Waals surface area contributed by atoms with Gasteiger partial charge < -0.3 is 14.5 Å². The molecule has 0 saturated carbocycles. The molecule has 0 unspecified atom stereocenters. The van der Waals surface area contributed by atoms with Crippen LogP contribution in [0.2, 0.25) is 5.02 Å². The lowest BCUT2D eigenvalue weighted by molar-refractivity contribution is 0.0740. The minimum absolute atomic E-state index is 0.0700. The number of aromatic nitrogens is 3. The summed E-state index contributed by atoms with van der Waals surface area (Å²) in [5.41, 5.74) is 2.00. The summed E-state index contributed by atoms with van der Waals surface area (Å²) in [5.74, 6) is 0.830. The van der Waals surface area contributed by atoms with Crippen LogP contribution >= 0.6 is 11.6 Å². The molecule has 166 valence electrons. The first-order valence-electron chi connectivity index (χ1n) is 10.9. The third-order valence-electron chi connectivity index (χ3n) is 5.42. The van der Waals surface area contributed by atoms with E-state index in [0.717, 1.165) is 23.9 Å². The fourth-order valence-electron chi connectivity index (χ4n) is 4.07. The van der Waals surface area contributed by atoms with Gasteiger partial charge in [0.2, 0.25) is 0 Å². The van der Waals surface area contributed by atoms with Gasteiger partial charge in [-0.1, -0.05) is 50.6 Å². The van der Waals surface area contributed by atoms with Gasteiger partial charge in [0.1, 0.15) is 5.82 Å². The lowest BCUT2D eigenvalue weighted by Crippen LogP contribution is -2.32. The fourth-order valence-corrected chi connectivity index (χ4v) is 4.24. The zero-order valence-electron chi connectivity index (χ0n) is 18.6. The van der Waals surface area contributed by atoms with Gasteiger partial charge in [0.05, 0.1) is 23.0 Å². The molecule has 0 aliphatic heterocycles. The minimum Gasteiger partial charge on any atom is -0.346 e. The van der Waals surface area contributed by atoms with Gasteiger partial charge in [0.25, 0.3) is 11.5 Å². The molecule has 7 heteroatoms. The third kappa shape index (κ3) is 4.41. The van der Waals surface area contributed by atoms with E-state index >= 15 is 0 Å². The maximum absolute atomic E-state index is 13.6. The number of nitrogens with zero attached hydrogens (tertiary/aromatic N) is 3. The van der Waals surface area contributed by atoms with Gasteiger partial charge in [0.15, 0.2) is 0 Å². The lowest BCUT2D eigenvalue weighted by atomic mass is 10.1. The van der Waals surface area contributed by atoms with Crippen molar-refractivity contribution >= 4 is 39.3 Å². The first-order chi connectivity index (χ1) is 15.4. The highest BCUT2D eigenvalue weighted by Crippen LogP contribution is 2.24. The minimum atomic E-state index is -0.237. The molecule has 0 atom stereocenters. The smallest absolute Gasteiger partial charge is 0.258 e. The Bertz CT molecular complexity index is 1340. The van der Waals surface area contributed by atoms with Gasteiger partial charge in [-0.15, -0.1) is 0 Å². The first-order valence-corrected chi connectivity index (χ1v) is 11.3. The molecule has 0 aliphatic rings. The molecule has 0 fully saturated rings. The summed E-state index contributed by atoms with van der Waals surface area (Å²) in [4.78, 5) is 35.3. The van der Waals surface area contributed by atoms with Crippen molar-refractivity contribution in [2.24, 2.45) is 5.92 Å². The number of para-hydroxylation sites is 1. The van der Waals surface area contributed by atoms with E-state index in [-0.39, 0.29) is 18.0 Å².